The van der Waals surface area contributed by atoms with Crippen molar-refractivity contribution in [3.8, 4) is 0 Å². The average Bonchev–Trinajstić information content (AvgIpc) is 3.14. The van der Waals surface area contributed by atoms with E-state index in [1.54, 1.807) is 0 Å². The van der Waals surface area contributed by atoms with E-state index < -0.39 is 0 Å². The van der Waals surface area contributed by atoms with Gasteiger partial charge >= 0.3 is 0 Å². The number of hydrogen-bond acceptors (Lipinski definition) is 5. The monoisotopic (exact) mass is 329 g/mol. The maximum atomic E-state index is 5.24. The van der Waals surface area contributed by atoms with E-state index >= 15 is 0 Å². The first-order chi connectivity index (χ1) is 11.8. The molecule has 6 heteroatoms. The third-order valence-corrected chi connectivity index (χ3v) is 5.17. The number of hydrogen-bond donors (Lipinski definition) is 0. The summed E-state index contributed by atoms with van der Waals surface area (Å²) in [4.78, 5) is 5.13. The smallest absolute Gasteiger partial charge is 0.133 e. The van der Waals surface area contributed by atoms with Gasteiger partial charge in [-0.1, -0.05) is 11.6 Å². The Morgan fingerprint density at radius 3 is 2.83 bits per heavy atom. The molecule has 130 valence electrons. The van der Waals surface area contributed by atoms with E-state index in [1.807, 2.05) is 19.2 Å². The van der Waals surface area contributed by atoms with Crippen LogP contribution in [0.5, 0.6) is 0 Å². The van der Waals surface area contributed by atoms with Crippen LogP contribution >= 0.6 is 0 Å². The van der Waals surface area contributed by atoms with E-state index in [1.165, 1.54) is 44.6 Å². The summed E-state index contributed by atoms with van der Waals surface area (Å²) >= 11 is 0. The maximum Gasteiger partial charge on any atom is 0.133 e. The lowest BCUT2D eigenvalue weighted by atomic mass is 10.1. The second-order valence-electron chi connectivity index (χ2n) is 7.33. The molecule has 24 heavy (non-hydrogen) atoms. The normalized spacial score (nSPS) is 23.1. The third kappa shape index (κ3) is 3.70. The van der Waals surface area contributed by atoms with Crippen LogP contribution < -0.4 is 0 Å². The summed E-state index contributed by atoms with van der Waals surface area (Å²) in [5, 5.41) is 8.72. The fraction of sp³-hybridized carbons (Fsp3) is 0.667. The summed E-state index contributed by atoms with van der Waals surface area (Å²) in [5.41, 5.74) is 2.33. The molecule has 4 heterocycles. The van der Waals surface area contributed by atoms with Crippen molar-refractivity contribution in [2.75, 3.05) is 26.2 Å². The van der Waals surface area contributed by atoms with E-state index in [0.717, 1.165) is 37.6 Å². The van der Waals surface area contributed by atoms with Gasteiger partial charge in [0.1, 0.15) is 5.76 Å². The number of fused-ring (bicyclic) bond motifs is 1. The molecule has 0 N–H and O–H groups in total. The summed E-state index contributed by atoms with van der Waals surface area (Å²) < 4.78 is 7.43. The summed E-state index contributed by atoms with van der Waals surface area (Å²) in [5.74, 6) is 1.49. The Morgan fingerprint density at radius 2 is 2.04 bits per heavy atom. The van der Waals surface area contributed by atoms with Gasteiger partial charge in [0, 0.05) is 50.9 Å². The molecule has 1 unspecified atom stereocenters. The highest BCUT2D eigenvalue weighted by atomic mass is 16.5. The number of rotatable bonds is 4. The Kier molecular flexibility index (Phi) is 4.67. The molecule has 4 rings (SSSR count). The summed E-state index contributed by atoms with van der Waals surface area (Å²) in [7, 11) is 0. The quantitative estimate of drug-likeness (QED) is 0.861. The van der Waals surface area contributed by atoms with Crippen LogP contribution in [-0.4, -0.2) is 50.9 Å². The molecule has 1 saturated heterocycles. The topological polar surface area (TPSA) is 50.3 Å². The van der Waals surface area contributed by atoms with Gasteiger partial charge < -0.3 is 9.42 Å². The lowest BCUT2D eigenvalue weighted by molar-refractivity contribution is 0.149. The maximum absolute atomic E-state index is 5.24. The Hall–Kier alpha value is -1.66. The van der Waals surface area contributed by atoms with Gasteiger partial charge in [-0.3, -0.25) is 9.58 Å². The van der Waals surface area contributed by atoms with Gasteiger partial charge in [0.25, 0.3) is 0 Å². The first kappa shape index (κ1) is 15.8. The molecule has 2 aromatic rings. The number of likely N-dealkylation sites (tertiary alicyclic amines) is 1. The minimum Gasteiger partial charge on any atom is -0.361 e. The van der Waals surface area contributed by atoms with Crippen LogP contribution in [0.25, 0.3) is 0 Å². The summed E-state index contributed by atoms with van der Waals surface area (Å²) in [6.45, 7) is 9.52. The van der Waals surface area contributed by atoms with Crippen LogP contribution in [-0.2, 0) is 19.6 Å². The molecule has 0 bridgehead atoms. The molecular weight excluding hydrogens is 302 g/mol. The predicted molar refractivity (Wildman–Crippen MR) is 91.4 cm³/mol. The summed E-state index contributed by atoms with van der Waals surface area (Å²) in [6.07, 6.45) is 6.02. The lowest BCUT2D eigenvalue weighted by Gasteiger charge is -2.31. The number of aromatic nitrogens is 3. The molecular formula is C18H27N5O. The fourth-order valence-corrected chi connectivity index (χ4v) is 4.08. The molecule has 0 spiro atoms. The van der Waals surface area contributed by atoms with Gasteiger partial charge in [0.2, 0.25) is 0 Å². The molecule has 1 fully saturated rings. The molecule has 0 aliphatic carbocycles. The average molecular weight is 329 g/mol. The molecule has 0 amide bonds. The Bertz CT molecular complexity index is 658. The largest absolute Gasteiger partial charge is 0.361 e. The van der Waals surface area contributed by atoms with Crippen molar-refractivity contribution >= 4 is 0 Å². The van der Waals surface area contributed by atoms with Crippen molar-refractivity contribution in [2.45, 2.75) is 45.8 Å². The second-order valence-corrected chi connectivity index (χ2v) is 7.33. The number of piperidine rings is 1. The standard InChI is InChI=1S/C18H27N5O/c1-15-9-17(20-24-15)13-22-11-16(10-21-7-3-2-4-8-21)12-23-18(14-22)5-6-19-23/h5-6,9,16H,2-4,7-8,10-14H2,1H3. The second kappa shape index (κ2) is 7.07. The van der Waals surface area contributed by atoms with Crippen LogP contribution in [0.15, 0.2) is 22.9 Å². The third-order valence-electron chi connectivity index (χ3n) is 5.17. The highest BCUT2D eigenvalue weighted by Gasteiger charge is 2.25. The van der Waals surface area contributed by atoms with E-state index in [-0.39, 0.29) is 0 Å². The van der Waals surface area contributed by atoms with Gasteiger partial charge in [0.15, 0.2) is 0 Å². The molecule has 0 aromatic carbocycles. The van der Waals surface area contributed by atoms with Crippen LogP contribution in [0.3, 0.4) is 0 Å². The van der Waals surface area contributed by atoms with Gasteiger partial charge in [-0.2, -0.15) is 5.10 Å². The van der Waals surface area contributed by atoms with Crippen molar-refractivity contribution in [1.29, 1.82) is 0 Å². The van der Waals surface area contributed by atoms with Crippen LogP contribution in [0.2, 0.25) is 0 Å². The summed E-state index contributed by atoms with van der Waals surface area (Å²) in [6, 6.07) is 4.19. The first-order valence-electron chi connectivity index (χ1n) is 9.14. The molecule has 1 atom stereocenters. The molecule has 0 saturated carbocycles. The van der Waals surface area contributed by atoms with Crippen molar-refractivity contribution < 1.29 is 4.52 Å². The van der Waals surface area contributed by atoms with Crippen molar-refractivity contribution in [1.82, 2.24) is 24.7 Å². The van der Waals surface area contributed by atoms with Gasteiger partial charge in [-0.05, 0) is 38.9 Å². The van der Waals surface area contributed by atoms with Crippen molar-refractivity contribution in [3.63, 3.8) is 0 Å². The Balaban J connectivity index is 1.47. The van der Waals surface area contributed by atoms with Gasteiger partial charge in [-0.15, -0.1) is 0 Å². The van der Waals surface area contributed by atoms with Crippen molar-refractivity contribution in [2.24, 2.45) is 5.92 Å². The van der Waals surface area contributed by atoms with Gasteiger partial charge in [-0.25, -0.2) is 0 Å². The zero-order valence-corrected chi connectivity index (χ0v) is 14.5. The Morgan fingerprint density at radius 1 is 1.17 bits per heavy atom. The molecule has 2 aromatic heterocycles. The van der Waals surface area contributed by atoms with E-state index in [0.29, 0.717) is 5.92 Å². The predicted octanol–water partition coefficient (Wildman–Crippen LogP) is 2.30. The molecule has 6 nitrogen and oxygen atoms in total. The number of aryl methyl sites for hydroxylation is 1. The zero-order chi connectivity index (χ0) is 16.4. The van der Waals surface area contributed by atoms with Crippen LogP contribution in [0.4, 0.5) is 0 Å². The molecule has 2 aliphatic heterocycles. The number of nitrogens with zero attached hydrogens (tertiary/aromatic N) is 5. The van der Waals surface area contributed by atoms with E-state index in [9.17, 15) is 0 Å². The first-order valence-corrected chi connectivity index (χ1v) is 9.14. The fourth-order valence-electron chi connectivity index (χ4n) is 4.08. The van der Waals surface area contributed by atoms with Crippen molar-refractivity contribution in [3.05, 3.63) is 35.5 Å². The van der Waals surface area contributed by atoms with Gasteiger partial charge in [0.05, 0.1) is 11.4 Å². The highest BCUT2D eigenvalue weighted by molar-refractivity contribution is 5.06. The molecule has 2 aliphatic rings. The SMILES string of the molecule is Cc1cc(CN2Cc3ccnn3CC(CN3CCCCC3)C2)no1. The minimum absolute atomic E-state index is 0.609. The highest BCUT2D eigenvalue weighted by Crippen LogP contribution is 2.20. The zero-order valence-electron chi connectivity index (χ0n) is 14.5. The minimum atomic E-state index is 0.609. The van der Waals surface area contributed by atoms with E-state index in [4.69, 9.17) is 4.52 Å². The lowest BCUT2D eigenvalue weighted by Crippen LogP contribution is -2.39. The van der Waals surface area contributed by atoms with E-state index in [2.05, 4.69) is 30.8 Å². The molecule has 0 radical (unpaired) electrons. The Labute approximate surface area is 143 Å². The van der Waals surface area contributed by atoms with Crippen LogP contribution in [0, 0.1) is 12.8 Å². The van der Waals surface area contributed by atoms with Crippen LogP contribution in [0.1, 0.15) is 36.4 Å².